The first-order valence-corrected chi connectivity index (χ1v) is 11.6. The molecular weight excluding hydrogens is 472 g/mol. The summed E-state index contributed by atoms with van der Waals surface area (Å²) in [6.07, 6.45) is 0.288. The van der Waals surface area contributed by atoms with Gasteiger partial charge in [0.05, 0.1) is 30.5 Å². The summed E-state index contributed by atoms with van der Waals surface area (Å²) >= 11 is 0. The lowest BCUT2D eigenvalue weighted by Crippen LogP contribution is -2.29. The molecule has 1 unspecified atom stereocenters. The number of anilines is 1. The molecule has 2 heterocycles. The van der Waals surface area contributed by atoms with Crippen molar-refractivity contribution in [1.29, 1.82) is 0 Å². The van der Waals surface area contributed by atoms with E-state index in [0.717, 1.165) is 17.3 Å². The highest BCUT2D eigenvalue weighted by Gasteiger charge is 2.25. The number of fused-ring (bicyclic) bond motifs is 1. The van der Waals surface area contributed by atoms with Crippen LogP contribution < -0.4 is 15.7 Å². The first-order valence-electron chi connectivity index (χ1n) is 11.6. The number of rotatable bonds is 8. The van der Waals surface area contributed by atoms with Gasteiger partial charge in [0.2, 0.25) is 0 Å². The second kappa shape index (κ2) is 10.6. The van der Waals surface area contributed by atoms with Crippen LogP contribution in [0.3, 0.4) is 0 Å². The smallest absolute Gasteiger partial charge is 0.350 e. The number of aryl methyl sites for hydroxylation is 1. The van der Waals surface area contributed by atoms with Crippen molar-refractivity contribution in [3.63, 3.8) is 0 Å². The minimum atomic E-state index is -0.850. The molecule has 0 radical (unpaired) electrons. The summed E-state index contributed by atoms with van der Waals surface area (Å²) in [6.45, 7) is 5.00. The monoisotopic (exact) mass is 501 g/mol. The van der Waals surface area contributed by atoms with Crippen LogP contribution in [0.2, 0.25) is 0 Å². The number of halogens is 2. The van der Waals surface area contributed by atoms with Crippen molar-refractivity contribution in [1.82, 2.24) is 19.2 Å². The van der Waals surface area contributed by atoms with Crippen LogP contribution in [0.15, 0.2) is 35.1 Å². The third kappa shape index (κ3) is 5.31. The molecule has 1 atom stereocenters. The molecule has 0 bridgehead atoms. The van der Waals surface area contributed by atoms with Gasteiger partial charge >= 0.3 is 5.69 Å². The number of hydrogen-bond donors (Lipinski definition) is 1. The summed E-state index contributed by atoms with van der Waals surface area (Å²) in [5.41, 5.74) is -0.291. The molecule has 2 aromatic carbocycles. The number of ether oxygens (including phenoxy) is 2. The van der Waals surface area contributed by atoms with E-state index in [1.54, 1.807) is 13.0 Å². The van der Waals surface area contributed by atoms with E-state index in [1.807, 2.05) is 25.9 Å². The molecule has 1 N–H and O–H groups in total. The van der Waals surface area contributed by atoms with Gasteiger partial charge in [-0.3, -0.25) is 9.36 Å². The molecule has 1 aliphatic heterocycles. The van der Waals surface area contributed by atoms with Crippen molar-refractivity contribution < 1.29 is 23.0 Å². The Morgan fingerprint density at radius 2 is 2.06 bits per heavy atom. The second-order valence-electron chi connectivity index (χ2n) is 9.02. The maximum Gasteiger partial charge on any atom is 0.350 e. The molecule has 0 saturated carbocycles. The lowest BCUT2D eigenvalue weighted by molar-refractivity contribution is 0.0805. The predicted molar refractivity (Wildman–Crippen MR) is 130 cm³/mol. The molecule has 1 aromatic heterocycles. The van der Waals surface area contributed by atoms with Crippen molar-refractivity contribution >= 4 is 11.6 Å². The van der Waals surface area contributed by atoms with Gasteiger partial charge < -0.3 is 19.7 Å². The Balaban J connectivity index is 1.75. The predicted octanol–water partition coefficient (Wildman–Crippen LogP) is 3.12. The van der Waals surface area contributed by atoms with Crippen LogP contribution in [0.5, 0.6) is 5.75 Å². The van der Waals surface area contributed by atoms with Gasteiger partial charge in [-0.2, -0.15) is 4.68 Å². The number of benzene rings is 2. The Bertz CT molecular complexity index is 1310. The number of hydrogen-bond acceptors (Lipinski definition) is 6. The molecule has 0 spiro atoms. The van der Waals surface area contributed by atoms with Crippen LogP contribution in [-0.2, 0) is 17.9 Å². The standard InChI is InChI=1S/C25H29F2N5O4/c1-15-6-5-7-18(26)23(15)28-24(33)17-12-19(27)20(13-21(17)36-16(2)8-9-30(3)4)32-25(34)31-10-11-35-14-22(31)29-32/h5-7,12-13,16H,8-11,14H2,1-4H3,(H,28,33). The van der Waals surface area contributed by atoms with E-state index in [4.69, 9.17) is 9.47 Å². The molecule has 1 aliphatic rings. The van der Waals surface area contributed by atoms with Gasteiger partial charge in [-0.25, -0.2) is 13.6 Å². The third-order valence-electron chi connectivity index (χ3n) is 5.92. The highest BCUT2D eigenvalue weighted by atomic mass is 19.1. The second-order valence-corrected chi connectivity index (χ2v) is 9.02. The van der Waals surface area contributed by atoms with Crippen LogP contribution in [-0.4, -0.2) is 58.5 Å². The van der Waals surface area contributed by atoms with E-state index in [-0.39, 0.29) is 35.4 Å². The summed E-state index contributed by atoms with van der Waals surface area (Å²) in [5, 5.41) is 6.74. The quantitative estimate of drug-likeness (QED) is 0.510. The van der Waals surface area contributed by atoms with Crippen molar-refractivity contribution in [2.45, 2.75) is 39.5 Å². The number of para-hydroxylation sites is 1. The van der Waals surface area contributed by atoms with E-state index in [1.165, 1.54) is 22.8 Å². The van der Waals surface area contributed by atoms with Gasteiger partial charge in [-0.05, 0) is 52.1 Å². The van der Waals surface area contributed by atoms with Crippen LogP contribution in [0, 0.1) is 18.6 Å². The molecule has 0 saturated heterocycles. The zero-order valence-corrected chi connectivity index (χ0v) is 20.7. The lowest BCUT2D eigenvalue weighted by atomic mass is 10.1. The van der Waals surface area contributed by atoms with Crippen molar-refractivity contribution in [3.8, 4) is 11.4 Å². The number of nitrogens with one attached hydrogen (secondary N) is 1. The zero-order valence-electron chi connectivity index (χ0n) is 20.7. The Morgan fingerprint density at radius 3 is 2.75 bits per heavy atom. The topological polar surface area (TPSA) is 90.6 Å². The highest BCUT2D eigenvalue weighted by Crippen LogP contribution is 2.29. The minimum absolute atomic E-state index is 0.00316. The summed E-state index contributed by atoms with van der Waals surface area (Å²) in [5.74, 6) is -1.77. The summed E-state index contributed by atoms with van der Waals surface area (Å²) in [6, 6.07) is 6.68. The normalized spacial score (nSPS) is 14.0. The average Bonchev–Trinajstić information content (AvgIpc) is 3.17. The van der Waals surface area contributed by atoms with E-state index >= 15 is 4.39 Å². The molecule has 11 heteroatoms. The SMILES string of the molecule is Cc1cccc(F)c1NC(=O)c1cc(F)c(-n2nc3n(c2=O)CCOC3)cc1OC(C)CCN(C)C. The van der Waals surface area contributed by atoms with Crippen LogP contribution >= 0.6 is 0 Å². The minimum Gasteiger partial charge on any atom is -0.490 e. The Morgan fingerprint density at radius 1 is 1.28 bits per heavy atom. The maximum atomic E-state index is 15.4. The third-order valence-corrected chi connectivity index (χ3v) is 5.92. The summed E-state index contributed by atoms with van der Waals surface area (Å²) < 4.78 is 43.5. The molecule has 192 valence electrons. The molecule has 4 rings (SSSR count). The molecule has 0 fully saturated rings. The summed E-state index contributed by atoms with van der Waals surface area (Å²) in [4.78, 5) is 28.0. The van der Waals surface area contributed by atoms with Crippen molar-refractivity contribution in [2.24, 2.45) is 0 Å². The molecule has 9 nitrogen and oxygen atoms in total. The van der Waals surface area contributed by atoms with Gasteiger partial charge in [0.1, 0.15) is 29.7 Å². The lowest BCUT2D eigenvalue weighted by Gasteiger charge is -2.20. The fourth-order valence-electron chi connectivity index (χ4n) is 3.91. The molecule has 3 aromatic rings. The van der Waals surface area contributed by atoms with Crippen LogP contribution in [0.4, 0.5) is 14.5 Å². The highest BCUT2D eigenvalue weighted by molar-refractivity contribution is 6.06. The van der Waals surface area contributed by atoms with Gasteiger partial charge in [0.15, 0.2) is 5.82 Å². The molecule has 36 heavy (non-hydrogen) atoms. The van der Waals surface area contributed by atoms with Crippen LogP contribution in [0.25, 0.3) is 5.69 Å². The van der Waals surface area contributed by atoms with E-state index in [9.17, 15) is 14.0 Å². The van der Waals surface area contributed by atoms with Gasteiger partial charge in [0.25, 0.3) is 5.91 Å². The van der Waals surface area contributed by atoms with Crippen LogP contribution in [0.1, 0.15) is 35.1 Å². The summed E-state index contributed by atoms with van der Waals surface area (Å²) in [7, 11) is 3.85. The van der Waals surface area contributed by atoms with Gasteiger partial charge in [-0.15, -0.1) is 5.10 Å². The van der Waals surface area contributed by atoms with E-state index in [0.29, 0.717) is 31.0 Å². The number of carbonyl (C=O) groups is 1. The van der Waals surface area contributed by atoms with Gasteiger partial charge in [0, 0.05) is 12.6 Å². The molecule has 0 aliphatic carbocycles. The van der Waals surface area contributed by atoms with Crippen molar-refractivity contribution in [3.05, 3.63) is 69.4 Å². The largest absolute Gasteiger partial charge is 0.490 e. The maximum absolute atomic E-state index is 15.4. The fraction of sp³-hybridized carbons (Fsp3) is 0.400. The first kappa shape index (κ1) is 25.5. The number of nitrogens with zero attached hydrogens (tertiary/aromatic N) is 4. The molecular formula is C25H29F2N5O4. The van der Waals surface area contributed by atoms with Gasteiger partial charge in [-0.1, -0.05) is 12.1 Å². The Kier molecular flexibility index (Phi) is 7.51. The van der Waals surface area contributed by atoms with E-state index < -0.39 is 23.2 Å². The molecule has 1 amide bonds. The Labute approximate surface area is 207 Å². The average molecular weight is 502 g/mol. The number of amides is 1. The van der Waals surface area contributed by atoms with Crippen molar-refractivity contribution in [2.75, 3.05) is 32.6 Å². The number of carbonyl (C=O) groups excluding carboxylic acids is 1. The Hall–Kier alpha value is -3.57. The number of aromatic nitrogens is 3. The zero-order chi connectivity index (χ0) is 26.0. The first-order chi connectivity index (χ1) is 17.2. The fourth-order valence-corrected chi connectivity index (χ4v) is 3.91. The van der Waals surface area contributed by atoms with E-state index in [2.05, 4.69) is 10.4 Å².